The molecule has 1 N–H and O–H groups in total. The maximum atomic E-state index is 6.14. The lowest BCUT2D eigenvalue weighted by atomic mass is 10.1. The molecule has 0 radical (unpaired) electrons. The lowest BCUT2D eigenvalue weighted by Gasteiger charge is -2.17. The molecule has 0 bridgehead atoms. The molecule has 2 rings (SSSR count). The molecule has 1 aromatic carbocycles. The summed E-state index contributed by atoms with van der Waals surface area (Å²) in [6.45, 7) is 6.08. The van der Waals surface area contributed by atoms with Crippen LogP contribution in [0.3, 0.4) is 0 Å². The van der Waals surface area contributed by atoms with Crippen LogP contribution in [0.2, 0.25) is 0 Å². The van der Waals surface area contributed by atoms with E-state index in [0.29, 0.717) is 0 Å². The Kier molecular flexibility index (Phi) is 4.50. The Labute approximate surface area is 128 Å². The van der Waals surface area contributed by atoms with E-state index in [0.717, 1.165) is 32.9 Å². The second-order valence-electron chi connectivity index (χ2n) is 4.92. The number of ether oxygens (including phenoxy) is 1. The maximum absolute atomic E-state index is 6.14. The van der Waals surface area contributed by atoms with Gasteiger partial charge < -0.3 is 10.1 Å². The number of hydrogen-bond donors (Lipinski definition) is 1. The fourth-order valence-corrected chi connectivity index (χ4v) is 2.46. The number of aryl methyl sites for hydroxylation is 2. The molecule has 0 aliphatic heterocycles. The standard InChI is InChI=1S/C15H20BrN3O/c1-9(17-4)13-7-6-12(16)8-14(13)20-15-10(2)18-19(5)11(15)3/h6-9,17H,1-5H3. The third kappa shape index (κ3) is 2.88. The molecular formula is C15H20BrN3O. The number of hydrogen-bond acceptors (Lipinski definition) is 3. The van der Waals surface area contributed by atoms with E-state index in [9.17, 15) is 0 Å². The number of rotatable bonds is 4. The van der Waals surface area contributed by atoms with Crippen molar-refractivity contribution >= 4 is 15.9 Å². The monoisotopic (exact) mass is 337 g/mol. The Bertz CT molecular complexity index is 622. The summed E-state index contributed by atoms with van der Waals surface area (Å²) in [6.07, 6.45) is 0. The smallest absolute Gasteiger partial charge is 0.171 e. The SMILES string of the molecule is CNC(C)c1ccc(Br)cc1Oc1c(C)nn(C)c1C. The van der Waals surface area contributed by atoms with Crippen molar-refractivity contribution in [2.24, 2.45) is 7.05 Å². The molecule has 0 spiro atoms. The zero-order valence-electron chi connectivity index (χ0n) is 12.5. The molecule has 1 atom stereocenters. The third-order valence-electron chi connectivity index (χ3n) is 3.53. The van der Waals surface area contributed by atoms with Gasteiger partial charge >= 0.3 is 0 Å². The first-order chi connectivity index (χ1) is 9.43. The largest absolute Gasteiger partial charge is 0.453 e. The van der Waals surface area contributed by atoms with Crippen LogP contribution in [0, 0.1) is 13.8 Å². The van der Waals surface area contributed by atoms with E-state index in [-0.39, 0.29) is 6.04 Å². The van der Waals surface area contributed by atoms with Crippen molar-refractivity contribution < 1.29 is 4.74 Å². The quantitative estimate of drug-likeness (QED) is 0.920. The normalized spacial score (nSPS) is 12.5. The molecule has 0 aliphatic rings. The summed E-state index contributed by atoms with van der Waals surface area (Å²) >= 11 is 3.50. The second kappa shape index (κ2) is 5.97. The van der Waals surface area contributed by atoms with Gasteiger partial charge in [0.1, 0.15) is 11.4 Å². The predicted octanol–water partition coefficient (Wildman–Crippen LogP) is 3.87. The van der Waals surface area contributed by atoms with Crippen LogP contribution in [0.25, 0.3) is 0 Å². The van der Waals surface area contributed by atoms with Crippen molar-refractivity contribution in [3.8, 4) is 11.5 Å². The number of aromatic nitrogens is 2. The van der Waals surface area contributed by atoms with Gasteiger partial charge in [0.05, 0.1) is 5.69 Å². The third-order valence-corrected chi connectivity index (χ3v) is 4.02. The van der Waals surface area contributed by atoms with E-state index >= 15 is 0 Å². The summed E-state index contributed by atoms with van der Waals surface area (Å²) in [5.74, 6) is 1.68. The predicted molar refractivity (Wildman–Crippen MR) is 84.4 cm³/mol. The highest BCUT2D eigenvalue weighted by Gasteiger charge is 2.16. The molecule has 108 valence electrons. The van der Waals surface area contributed by atoms with E-state index in [1.807, 2.05) is 44.8 Å². The molecule has 0 fully saturated rings. The molecule has 1 unspecified atom stereocenters. The minimum Gasteiger partial charge on any atom is -0.453 e. The highest BCUT2D eigenvalue weighted by Crippen LogP contribution is 2.34. The lowest BCUT2D eigenvalue weighted by molar-refractivity contribution is 0.458. The van der Waals surface area contributed by atoms with Crippen LogP contribution in [0.1, 0.15) is 29.9 Å². The van der Waals surface area contributed by atoms with Gasteiger partial charge in [-0.1, -0.05) is 22.0 Å². The highest BCUT2D eigenvalue weighted by molar-refractivity contribution is 9.10. The lowest BCUT2D eigenvalue weighted by Crippen LogP contribution is -2.13. The van der Waals surface area contributed by atoms with Crippen LogP contribution >= 0.6 is 15.9 Å². The van der Waals surface area contributed by atoms with Gasteiger partial charge in [0.2, 0.25) is 0 Å². The first kappa shape index (κ1) is 15.1. The highest BCUT2D eigenvalue weighted by atomic mass is 79.9. The first-order valence-electron chi connectivity index (χ1n) is 6.58. The Morgan fingerprint density at radius 1 is 1.35 bits per heavy atom. The number of halogens is 1. The Morgan fingerprint density at radius 2 is 2.05 bits per heavy atom. The molecular weight excluding hydrogens is 318 g/mol. The minimum absolute atomic E-state index is 0.218. The molecule has 0 saturated heterocycles. The van der Waals surface area contributed by atoms with Crippen LogP contribution in [0.4, 0.5) is 0 Å². The van der Waals surface area contributed by atoms with Gasteiger partial charge in [0.15, 0.2) is 5.75 Å². The van der Waals surface area contributed by atoms with E-state index in [1.165, 1.54) is 0 Å². The van der Waals surface area contributed by atoms with Gasteiger partial charge in [0, 0.05) is 23.1 Å². The van der Waals surface area contributed by atoms with Crippen LogP contribution in [-0.4, -0.2) is 16.8 Å². The molecule has 20 heavy (non-hydrogen) atoms. The molecule has 0 saturated carbocycles. The van der Waals surface area contributed by atoms with Crippen molar-refractivity contribution in [3.05, 3.63) is 39.6 Å². The van der Waals surface area contributed by atoms with Crippen molar-refractivity contribution in [1.29, 1.82) is 0 Å². The van der Waals surface area contributed by atoms with E-state index < -0.39 is 0 Å². The maximum Gasteiger partial charge on any atom is 0.171 e. The number of benzene rings is 1. The van der Waals surface area contributed by atoms with Gasteiger partial charge in [-0.2, -0.15) is 5.10 Å². The molecule has 1 aromatic heterocycles. The zero-order chi connectivity index (χ0) is 14.9. The fourth-order valence-electron chi connectivity index (χ4n) is 2.12. The van der Waals surface area contributed by atoms with Crippen molar-refractivity contribution in [3.63, 3.8) is 0 Å². The summed E-state index contributed by atoms with van der Waals surface area (Å²) in [4.78, 5) is 0. The van der Waals surface area contributed by atoms with Gasteiger partial charge in [-0.25, -0.2) is 0 Å². The molecule has 4 nitrogen and oxygen atoms in total. The summed E-state index contributed by atoms with van der Waals surface area (Å²) in [6, 6.07) is 6.31. The minimum atomic E-state index is 0.218. The van der Waals surface area contributed by atoms with E-state index in [4.69, 9.17) is 4.74 Å². The topological polar surface area (TPSA) is 39.1 Å². The molecule has 1 heterocycles. The van der Waals surface area contributed by atoms with E-state index in [1.54, 1.807) is 0 Å². The molecule has 2 aromatic rings. The second-order valence-corrected chi connectivity index (χ2v) is 5.83. The Morgan fingerprint density at radius 3 is 2.60 bits per heavy atom. The number of nitrogens with one attached hydrogen (secondary N) is 1. The summed E-state index contributed by atoms with van der Waals surface area (Å²) in [5.41, 5.74) is 3.04. The zero-order valence-corrected chi connectivity index (χ0v) is 14.1. The van der Waals surface area contributed by atoms with Crippen LogP contribution in [0.5, 0.6) is 11.5 Å². The summed E-state index contributed by atoms with van der Waals surface area (Å²) < 4.78 is 8.98. The van der Waals surface area contributed by atoms with Crippen molar-refractivity contribution in [2.45, 2.75) is 26.8 Å². The molecule has 5 heteroatoms. The fraction of sp³-hybridized carbons (Fsp3) is 0.400. The van der Waals surface area contributed by atoms with Crippen LogP contribution in [0.15, 0.2) is 22.7 Å². The van der Waals surface area contributed by atoms with Crippen molar-refractivity contribution in [1.82, 2.24) is 15.1 Å². The first-order valence-corrected chi connectivity index (χ1v) is 7.38. The summed E-state index contributed by atoms with van der Waals surface area (Å²) in [5, 5.41) is 7.63. The number of nitrogens with zero attached hydrogens (tertiary/aromatic N) is 2. The van der Waals surface area contributed by atoms with Gasteiger partial charge in [-0.15, -0.1) is 0 Å². The van der Waals surface area contributed by atoms with Gasteiger partial charge in [0.25, 0.3) is 0 Å². The van der Waals surface area contributed by atoms with Crippen LogP contribution < -0.4 is 10.1 Å². The van der Waals surface area contributed by atoms with Crippen molar-refractivity contribution in [2.75, 3.05) is 7.05 Å². The van der Waals surface area contributed by atoms with Gasteiger partial charge in [-0.05, 0) is 40.0 Å². The Balaban J connectivity index is 2.44. The molecule has 0 amide bonds. The van der Waals surface area contributed by atoms with E-state index in [2.05, 4.69) is 39.3 Å². The van der Waals surface area contributed by atoms with Gasteiger partial charge in [-0.3, -0.25) is 4.68 Å². The average Bonchev–Trinajstić information content (AvgIpc) is 2.65. The summed E-state index contributed by atoms with van der Waals surface area (Å²) in [7, 11) is 3.87. The average molecular weight is 338 g/mol. The Hall–Kier alpha value is -1.33. The molecule has 0 aliphatic carbocycles. The van der Waals surface area contributed by atoms with Crippen LogP contribution in [-0.2, 0) is 7.05 Å².